The van der Waals surface area contributed by atoms with E-state index in [1.165, 1.54) is 5.56 Å². The minimum Gasteiger partial charge on any atom is -0.350 e. The first kappa shape index (κ1) is 17.3. The molecule has 1 aliphatic carbocycles. The lowest BCUT2D eigenvalue weighted by atomic mass is 10.1. The van der Waals surface area contributed by atoms with E-state index in [1.807, 2.05) is 41.1 Å². The molecule has 2 aromatic rings. The van der Waals surface area contributed by atoms with E-state index in [0.29, 0.717) is 24.6 Å². The van der Waals surface area contributed by atoms with Gasteiger partial charge in [-0.1, -0.05) is 30.3 Å². The van der Waals surface area contributed by atoms with Gasteiger partial charge in [0.05, 0.1) is 17.5 Å². The van der Waals surface area contributed by atoms with Crippen molar-refractivity contribution in [2.24, 2.45) is 0 Å². The van der Waals surface area contributed by atoms with Crippen LogP contribution in [0.5, 0.6) is 0 Å². The van der Waals surface area contributed by atoms with Gasteiger partial charge in [0.2, 0.25) is 0 Å². The van der Waals surface area contributed by atoms with Crippen molar-refractivity contribution in [1.29, 1.82) is 0 Å². The van der Waals surface area contributed by atoms with Crippen LogP contribution in [0, 0.1) is 0 Å². The van der Waals surface area contributed by atoms with E-state index in [0.717, 1.165) is 25.0 Å². The number of carbonyl (C=O) groups excluding carboxylic acids is 1. The number of amides is 1. The molecule has 2 heterocycles. The molecule has 138 valence electrons. The molecule has 2 fully saturated rings. The predicted octanol–water partition coefficient (Wildman–Crippen LogP) is 2.09. The Kier molecular flexibility index (Phi) is 4.56. The average molecular weight is 373 g/mol. The summed E-state index contributed by atoms with van der Waals surface area (Å²) in [5, 5.41) is 7.41. The Morgan fingerprint density at radius 1 is 1.19 bits per heavy atom. The van der Waals surface area contributed by atoms with Crippen molar-refractivity contribution in [1.82, 2.24) is 15.1 Å². The second kappa shape index (κ2) is 6.87. The third kappa shape index (κ3) is 3.82. The number of benzene rings is 1. The first-order valence-electron chi connectivity index (χ1n) is 9.14. The maximum atomic E-state index is 12.5. The monoisotopic (exact) mass is 373 g/mol. The molecule has 1 saturated heterocycles. The molecule has 4 rings (SSSR count). The topological polar surface area (TPSA) is 81.1 Å². The Morgan fingerprint density at radius 3 is 2.62 bits per heavy atom. The maximum absolute atomic E-state index is 12.5. The highest BCUT2D eigenvalue weighted by Gasteiger charge is 2.36. The Balaban J connectivity index is 1.45. The number of hydrogen-bond acceptors (Lipinski definition) is 4. The van der Waals surface area contributed by atoms with Crippen LogP contribution < -0.4 is 5.32 Å². The molecule has 1 saturated carbocycles. The zero-order valence-electron chi connectivity index (χ0n) is 14.6. The van der Waals surface area contributed by atoms with E-state index < -0.39 is 9.84 Å². The molecule has 2 aliphatic rings. The Bertz CT molecular complexity index is 901. The Morgan fingerprint density at radius 2 is 1.96 bits per heavy atom. The predicted molar refractivity (Wildman–Crippen MR) is 99.0 cm³/mol. The SMILES string of the molecule is O=C(NCCc1ccccc1)c1cc(C2CC2)n([C@@H]2CCS(=O)(=O)C2)n1. The standard InChI is InChI=1S/C19H23N3O3S/c23-19(20-10-8-14-4-2-1-3-5-14)17-12-18(15-6-7-15)22(21-17)16-9-11-26(24,25)13-16/h1-5,12,15-16H,6-11,13H2,(H,20,23)/t16-/m1/s1. The van der Waals surface area contributed by atoms with Gasteiger partial charge < -0.3 is 5.32 Å². The number of nitrogens with one attached hydrogen (secondary N) is 1. The molecule has 6 nitrogen and oxygen atoms in total. The van der Waals surface area contributed by atoms with Crippen LogP contribution in [0.2, 0.25) is 0 Å². The average Bonchev–Trinajstić information content (AvgIpc) is 3.27. The number of rotatable bonds is 6. The molecule has 1 amide bonds. The van der Waals surface area contributed by atoms with Crippen LogP contribution >= 0.6 is 0 Å². The lowest BCUT2D eigenvalue weighted by molar-refractivity contribution is 0.0948. The van der Waals surface area contributed by atoms with Gasteiger partial charge in [-0.05, 0) is 37.3 Å². The van der Waals surface area contributed by atoms with E-state index in [9.17, 15) is 13.2 Å². The van der Waals surface area contributed by atoms with Crippen molar-refractivity contribution in [3.63, 3.8) is 0 Å². The summed E-state index contributed by atoms with van der Waals surface area (Å²) in [5.41, 5.74) is 2.58. The molecule has 1 aromatic heterocycles. The molecule has 1 aromatic carbocycles. The van der Waals surface area contributed by atoms with E-state index in [4.69, 9.17) is 0 Å². The molecule has 0 radical (unpaired) electrons. The smallest absolute Gasteiger partial charge is 0.271 e. The van der Waals surface area contributed by atoms with Gasteiger partial charge >= 0.3 is 0 Å². The molecule has 0 unspecified atom stereocenters. The van der Waals surface area contributed by atoms with Gasteiger partial charge in [0.1, 0.15) is 5.69 Å². The Labute approximate surface area is 153 Å². The minimum absolute atomic E-state index is 0.128. The second-order valence-electron chi connectivity index (χ2n) is 7.22. The second-order valence-corrected chi connectivity index (χ2v) is 9.45. The zero-order valence-corrected chi connectivity index (χ0v) is 15.4. The molecule has 26 heavy (non-hydrogen) atoms. The van der Waals surface area contributed by atoms with Crippen molar-refractivity contribution in [2.75, 3.05) is 18.1 Å². The van der Waals surface area contributed by atoms with E-state index in [1.54, 1.807) is 0 Å². The first-order valence-corrected chi connectivity index (χ1v) is 11.0. The molecule has 1 aliphatic heterocycles. The number of carbonyl (C=O) groups is 1. The van der Waals surface area contributed by atoms with Crippen molar-refractivity contribution in [3.05, 3.63) is 53.3 Å². The number of aromatic nitrogens is 2. The number of hydrogen-bond donors (Lipinski definition) is 1. The van der Waals surface area contributed by atoms with E-state index in [-0.39, 0.29) is 23.5 Å². The zero-order chi connectivity index (χ0) is 18.1. The fourth-order valence-corrected chi connectivity index (χ4v) is 5.21. The van der Waals surface area contributed by atoms with Crippen LogP contribution in [-0.4, -0.2) is 42.2 Å². The van der Waals surface area contributed by atoms with Gasteiger partial charge in [-0.25, -0.2) is 8.42 Å². The van der Waals surface area contributed by atoms with Crippen molar-refractivity contribution in [2.45, 2.75) is 37.6 Å². The summed E-state index contributed by atoms with van der Waals surface area (Å²) in [4.78, 5) is 12.5. The third-order valence-corrected chi connectivity index (χ3v) is 6.84. The van der Waals surface area contributed by atoms with Crippen LogP contribution in [0.15, 0.2) is 36.4 Å². The highest BCUT2D eigenvalue weighted by atomic mass is 32.2. The van der Waals surface area contributed by atoms with E-state index in [2.05, 4.69) is 10.4 Å². The van der Waals surface area contributed by atoms with Crippen LogP contribution in [0.4, 0.5) is 0 Å². The lowest BCUT2D eigenvalue weighted by Crippen LogP contribution is -2.26. The van der Waals surface area contributed by atoms with Gasteiger partial charge in [0.15, 0.2) is 9.84 Å². The van der Waals surface area contributed by atoms with Gasteiger partial charge in [-0.2, -0.15) is 5.10 Å². The highest BCUT2D eigenvalue weighted by molar-refractivity contribution is 7.91. The van der Waals surface area contributed by atoms with Gasteiger partial charge in [0, 0.05) is 18.2 Å². The molecular weight excluding hydrogens is 350 g/mol. The normalized spacial score (nSPS) is 21.6. The van der Waals surface area contributed by atoms with Crippen LogP contribution in [0.1, 0.15) is 53.0 Å². The highest BCUT2D eigenvalue weighted by Crippen LogP contribution is 2.42. The van der Waals surface area contributed by atoms with Gasteiger partial charge in [-0.3, -0.25) is 9.48 Å². The summed E-state index contributed by atoms with van der Waals surface area (Å²) < 4.78 is 25.4. The van der Waals surface area contributed by atoms with Crippen LogP contribution in [-0.2, 0) is 16.3 Å². The fourth-order valence-electron chi connectivity index (χ4n) is 3.52. The van der Waals surface area contributed by atoms with Crippen LogP contribution in [0.3, 0.4) is 0 Å². The summed E-state index contributed by atoms with van der Waals surface area (Å²) in [6, 6.07) is 11.7. The largest absolute Gasteiger partial charge is 0.350 e. The summed E-state index contributed by atoms with van der Waals surface area (Å²) in [6.45, 7) is 0.548. The third-order valence-electron chi connectivity index (χ3n) is 5.09. The molecule has 7 heteroatoms. The van der Waals surface area contributed by atoms with E-state index >= 15 is 0 Å². The lowest BCUT2D eigenvalue weighted by Gasteiger charge is -2.12. The van der Waals surface area contributed by atoms with Gasteiger partial charge in [0.25, 0.3) is 5.91 Å². The maximum Gasteiger partial charge on any atom is 0.271 e. The molecule has 0 bridgehead atoms. The van der Waals surface area contributed by atoms with Crippen LogP contribution in [0.25, 0.3) is 0 Å². The van der Waals surface area contributed by atoms with Crippen molar-refractivity contribution >= 4 is 15.7 Å². The summed E-state index contributed by atoms with van der Waals surface area (Å²) >= 11 is 0. The molecule has 1 N–H and O–H groups in total. The summed E-state index contributed by atoms with van der Waals surface area (Å²) in [5.74, 6) is 0.558. The quantitative estimate of drug-likeness (QED) is 0.841. The number of sulfone groups is 1. The first-order chi connectivity index (χ1) is 12.5. The minimum atomic E-state index is -2.98. The number of nitrogens with zero attached hydrogens (tertiary/aromatic N) is 2. The van der Waals surface area contributed by atoms with Crippen molar-refractivity contribution in [3.8, 4) is 0 Å². The molecule has 0 spiro atoms. The fraction of sp³-hybridized carbons (Fsp3) is 0.474. The summed E-state index contributed by atoms with van der Waals surface area (Å²) in [6.07, 6.45) is 3.52. The molecular formula is C19H23N3O3S. The Hall–Kier alpha value is -2.15. The van der Waals surface area contributed by atoms with Gasteiger partial charge in [-0.15, -0.1) is 0 Å². The van der Waals surface area contributed by atoms with Crippen molar-refractivity contribution < 1.29 is 13.2 Å². The molecule has 1 atom stereocenters. The summed E-state index contributed by atoms with van der Waals surface area (Å²) in [7, 11) is -2.98.